The number of carbonyl (C=O) groups excluding carboxylic acids is 2. The molecule has 1 atom stereocenters. The first kappa shape index (κ1) is 18.4. The largest absolute Gasteiger partial charge is 0.463 e. The molecule has 2 aromatic carbocycles. The second-order valence-electron chi connectivity index (χ2n) is 6.16. The standard InChI is InChI=1S/C21H21N3O3/c1-15(19-12-7-13-27-19)22-14-20(25)24-18-11-6-5-10-17(18)21(26)23-16-8-3-2-4-9-16/h2-13,15,22H,14H2,1H3,(H,23,26)(H,24,25)/p+1/t15-/m0/s1. The molecule has 0 spiro atoms. The van der Waals surface area contributed by atoms with Crippen LogP contribution in [-0.4, -0.2) is 18.4 Å². The maximum atomic E-state index is 12.6. The number of anilines is 2. The molecule has 27 heavy (non-hydrogen) atoms. The summed E-state index contributed by atoms with van der Waals surface area (Å²) >= 11 is 0. The predicted molar refractivity (Wildman–Crippen MR) is 103 cm³/mol. The molecule has 0 aliphatic rings. The Bertz CT molecular complexity index is 892. The monoisotopic (exact) mass is 364 g/mol. The van der Waals surface area contributed by atoms with E-state index in [0.29, 0.717) is 16.9 Å². The van der Waals surface area contributed by atoms with Gasteiger partial charge in [0, 0.05) is 5.69 Å². The third kappa shape index (κ3) is 5.05. The number of nitrogens with one attached hydrogen (secondary N) is 2. The summed E-state index contributed by atoms with van der Waals surface area (Å²) in [5, 5.41) is 7.52. The lowest BCUT2D eigenvalue weighted by molar-refractivity contribution is -0.684. The van der Waals surface area contributed by atoms with Gasteiger partial charge >= 0.3 is 0 Å². The van der Waals surface area contributed by atoms with Crippen molar-refractivity contribution in [1.29, 1.82) is 0 Å². The number of rotatable bonds is 7. The molecule has 0 fully saturated rings. The number of benzene rings is 2. The van der Waals surface area contributed by atoms with E-state index in [1.165, 1.54) is 0 Å². The topological polar surface area (TPSA) is 88.0 Å². The average Bonchev–Trinajstić information content (AvgIpc) is 3.22. The number of amides is 2. The van der Waals surface area contributed by atoms with Gasteiger partial charge in [0.15, 0.2) is 12.3 Å². The van der Waals surface area contributed by atoms with Crippen molar-refractivity contribution in [2.45, 2.75) is 13.0 Å². The Hall–Kier alpha value is -3.38. The molecule has 0 aliphatic carbocycles. The lowest BCUT2D eigenvalue weighted by Gasteiger charge is -2.12. The Morgan fingerprint density at radius 2 is 1.70 bits per heavy atom. The Morgan fingerprint density at radius 3 is 2.44 bits per heavy atom. The van der Waals surface area contributed by atoms with Crippen molar-refractivity contribution in [1.82, 2.24) is 0 Å². The molecule has 6 nitrogen and oxygen atoms in total. The number of furan rings is 1. The molecular weight excluding hydrogens is 342 g/mol. The molecule has 1 aromatic heterocycles. The lowest BCUT2D eigenvalue weighted by Crippen LogP contribution is -2.86. The molecule has 0 saturated heterocycles. The van der Waals surface area contributed by atoms with Gasteiger partial charge in [0.2, 0.25) is 0 Å². The summed E-state index contributed by atoms with van der Waals surface area (Å²) in [6.07, 6.45) is 1.61. The zero-order valence-electron chi connectivity index (χ0n) is 15.0. The van der Waals surface area contributed by atoms with Crippen LogP contribution in [0, 0.1) is 0 Å². The van der Waals surface area contributed by atoms with E-state index in [9.17, 15) is 9.59 Å². The van der Waals surface area contributed by atoms with E-state index in [1.54, 1.807) is 30.5 Å². The van der Waals surface area contributed by atoms with E-state index in [1.807, 2.05) is 54.7 Å². The maximum Gasteiger partial charge on any atom is 0.279 e. The van der Waals surface area contributed by atoms with Crippen LogP contribution in [0.1, 0.15) is 29.1 Å². The Kier molecular flexibility index (Phi) is 6.02. The first-order valence-electron chi connectivity index (χ1n) is 8.75. The number of hydrogen-bond donors (Lipinski definition) is 3. The normalized spacial score (nSPS) is 11.6. The molecule has 6 heteroatoms. The van der Waals surface area contributed by atoms with Crippen LogP contribution < -0.4 is 16.0 Å². The highest BCUT2D eigenvalue weighted by Crippen LogP contribution is 2.17. The predicted octanol–water partition coefficient (Wildman–Crippen LogP) is 2.80. The van der Waals surface area contributed by atoms with Gasteiger partial charge in [0.1, 0.15) is 6.04 Å². The highest BCUT2D eigenvalue weighted by atomic mass is 16.3. The van der Waals surface area contributed by atoms with Crippen LogP contribution in [0.15, 0.2) is 77.4 Å². The van der Waals surface area contributed by atoms with E-state index >= 15 is 0 Å². The number of para-hydroxylation sites is 2. The van der Waals surface area contributed by atoms with Crippen LogP contribution in [0.5, 0.6) is 0 Å². The summed E-state index contributed by atoms with van der Waals surface area (Å²) in [6.45, 7) is 2.18. The quantitative estimate of drug-likeness (QED) is 0.602. The SMILES string of the molecule is C[C@H]([NH2+]CC(=O)Nc1ccccc1C(=O)Nc1ccccc1)c1ccco1. The summed E-state index contributed by atoms with van der Waals surface area (Å²) in [4.78, 5) is 24.9. The van der Waals surface area contributed by atoms with Gasteiger partial charge in [0.25, 0.3) is 11.8 Å². The number of hydrogen-bond acceptors (Lipinski definition) is 3. The van der Waals surface area contributed by atoms with Crippen LogP contribution in [0.4, 0.5) is 11.4 Å². The van der Waals surface area contributed by atoms with Crippen LogP contribution in [0.3, 0.4) is 0 Å². The fraction of sp³-hybridized carbons (Fsp3) is 0.143. The molecule has 0 bridgehead atoms. The van der Waals surface area contributed by atoms with Gasteiger partial charge in [-0.2, -0.15) is 0 Å². The van der Waals surface area contributed by atoms with Gasteiger partial charge in [-0.3, -0.25) is 9.59 Å². The second-order valence-corrected chi connectivity index (χ2v) is 6.16. The molecule has 2 amide bonds. The van der Waals surface area contributed by atoms with Gasteiger partial charge in [0.05, 0.1) is 17.5 Å². The zero-order chi connectivity index (χ0) is 19.1. The van der Waals surface area contributed by atoms with Gasteiger partial charge in [-0.05, 0) is 43.3 Å². The highest BCUT2D eigenvalue weighted by molar-refractivity contribution is 6.10. The van der Waals surface area contributed by atoms with Gasteiger partial charge in [-0.15, -0.1) is 0 Å². The molecule has 4 N–H and O–H groups in total. The average molecular weight is 364 g/mol. The zero-order valence-corrected chi connectivity index (χ0v) is 15.0. The number of quaternary nitrogens is 1. The van der Waals surface area contributed by atoms with Crippen molar-refractivity contribution >= 4 is 23.2 Å². The molecule has 138 valence electrons. The van der Waals surface area contributed by atoms with Crippen LogP contribution in [0.2, 0.25) is 0 Å². The highest BCUT2D eigenvalue weighted by Gasteiger charge is 2.16. The van der Waals surface area contributed by atoms with Crippen LogP contribution >= 0.6 is 0 Å². The maximum absolute atomic E-state index is 12.6. The van der Waals surface area contributed by atoms with Crippen molar-refractivity contribution in [3.8, 4) is 0 Å². The second kappa shape index (κ2) is 8.82. The van der Waals surface area contributed by atoms with E-state index < -0.39 is 0 Å². The molecule has 1 heterocycles. The molecule has 0 saturated carbocycles. The minimum atomic E-state index is -0.273. The molecular formula is C21H22N3O3+. The number of carbonyl (C=O) groups is 2. The summed E-state index contributed by atoms with van der Waals surface area (Å²) in [5.41, 5.74) is 1.59. The third-order valence-corrected chi connectivity index (χ3v) is 4.13. The first-order chi connectivity index (χ1) is 13.1. The first-order valence-corrected chi connectivity index (χ1v) is 8.75. The smallest absolute Gasteiger partial charge is 0.279 e. The Labute approximate surface area is 157 Å². The van der Waals surface area contributed by atoms with Crippen LogP contribution in [0.25, 0.3) is 0 Å². The van der Waals surface area contributed by atoms with Gasteiger partial charge in [-0.1, -0.05) is 30.3 Å². The fourth-order valence-corrected chi connectivity index (χ4v) is 2.66. The van der Waals surface area contributed by atoms with Gasteiger partial charge < -0.3 is 20.4 Å². The summed E-state index contributed by atoms with van der Waals surface area (Å²) < 4.78 is 5.34. The van der Waals surface area contributed by atoms with Gasteiger partial charge in [-0.25, -0.2) is 0 Å². The van der Waals surface area contributed by atoms with E-state index in [-0.39, 0.29) is 24.4 Å². The Morgan fingerprint density at radius 1 is 0.963 bits per heavy atom. The molecule has 3 rings (SSSR count). The molecule has 3 aromatic rings. The van der Waals surface area contributed by atoms with Crippen molar-refractivity contribution in [2.75, 3.05) is 17.2 Å². The van der Waals surface area contributed by atoms with Crippen molar-refractivity contribution in [3.63, 3.8) is 0 Å². The number of nitrogens with two attached hydrogens (primary N) is 1. The minimum absolute atomic E-state index is 0.0300. The minimum Gasteiger partial charge on any atom is -0.463 e. The third-order valence-electron chi connectivity index (χ3n) is 4.13. The molecule has 0 aliphatic heterocycles. The van der Waals surface area contributed by atoms with Crippen molar-refractivity contribution in [3.05, 3.63) is 84.3 Å². The van der Waals surface area contributed by atoms with Crippen molar-refractivity contribution in [2.24, 2.45) is 0 Å². The van der Waals surface area contributed by atoms with Crippen LogP contribution in [-0.2, 0) is 4.79 Å². The summed E-state index contributed by atoms with van der Waals surface area (Å²) in [6, 6.07) is 19.9. The molecule has 0 unspecified atom stereocenters. The molecule has 0 radical (unpaired) electrons. The Balaban J connectivity index is 1.61. The van der Waals surface area contributed by atoms with Crippen molar-refractivity contribution < 1.29 is 19.3 Å². The summed E-state index contributed by atoms with van der Waals surface area (Å²) in [7, 11) is 0. The van der Waals surface area contributed by atoms with E-state index in [2.05, 4.69) is 10.6 Å². The fourth-order valence-electron chi connectivity index (χ4n) is 2.66. The lowest BCUT2D eigenvalue weighted by atomic mass is 10.1. The summed E-state index contributed by atoms with van der Waals surface area (Å²) in [5.74, 6) is 0.351. The van der Waals surface area contributed by atoms with E-state index in [0.717, 1.165) is 5.76 Å². The van der Waals surface area contributed by atoms with E-state index in [4.69, 9.17) is 4.42 Å².